The number of rotatable bonds is 1. The molecule has 3 N–H and O–H groups in total. The van der Waals surface area contributed by atoms with Crippen LogP contribution in [-0.2, 0) is 4.74 Å². The van der Waals surface area contributed by atoms with E-state index in [0.717, 1.165) is 34.2 Å². The molecule has 4 nitrogen and oxygen atoms in total. The summed E-state index contributed by atoms with van der Waals surface area (Å²) in [6, 6.07) is 3.85. The Bertz CT molecular complexity index is 566. The van der Waals surface area contributed by atoms with Crippen LogP contribution in [0.5, 0.6) is 0 Å². The van der Waals surface area contributed by atoms with Gasteiger partial charge in [0.05, 0.1) is 17.3 Å². The topological polar surface area (TPSA) is 63.9 Å². The SMILES string of the molecule is CC1CCC(c2nc3c(N)cc(Br)cc3[nH]2)O1. The molecule has 0 amide bonds. The van der Waals surface area contributed by atoms with Crippen molar-refractivity contribution in [1.82, 2.24) is 9.97 Å². The number of hydrogen-bond acceptors (Lipinski definition) is 3. The maximum atomic E-state index is 5.94. The number of aromatic nitrogens is 2. The summed E-state index contributed by atoms with van der Waals surface area (Å²) in [6.07, 6.45) is 2.50. The molecule has 0 saturated carbocycles. The fraction of sp³-hybridized carbons (Fsp3) is 0.417. The van der Waals surface area contributed by atoms with Gasteiger partial charge >= 0.3 is 0 Å². The van der Waals surface area contributed by atoms with E-state index in [9.17, 15) is 0 Å². The number of benzene rings is 1. The van der Waals surface area contributed by atoms with Gasteiger partial charge in [0.15, 0.2) is 0 Å². The molecule has 0 bridgehead atoms. The second-order valence-corrected chi connectivity index (χ2v) is 5.44. The Kier molecular flexibility index (Phi) is 2.60. The van der Waals surface area contributed by atoms with Crippen LogP contribution in [0.1, 0.15) is 31.7 Å². The Morgan fingerprint density at radius 1 is 1.47 bits per heavy atom. The molecule has 0 aliphatic carbocycles. The minimum Gasteiger partial charge on any atom is -0.397 e. The van der Waals surface area contributed by atoms with Gasteiger partial charge in [0.1, 0.15) is 17.4 Å². The van der Waals surface area contributed by atoms with Gasteiger partial charge in [-0.15, -0.1) is 0 Å². The van der Waals surface area contributed by atoms with Crippen molar-refractivity contribution in [2.45, 2.75) is 32.0 Å². The number of imidazole rings is 1. The maximum absolute atomic E-state index is 5.94. The molecule has 2 aromatic rings. The standard InChI is InChI=1S/C12H14BrN3O/c1-6-2-3-10(17-6)12-15-9-5-7(13)4-8(14)11(9)16-12/h4-6,10H,2-3,14H2,1H3,(H,15,16). The number of nitrogen functional groups attached to an aromatic ring is 1. The van der Waals surface area contributed by atoms with Gasteiger partial charge < -0.3 is 15.5 Å². The van der Waals surface area contributed by atoms with E-state index >= 15 is 0 Å². The second-order valence-electron chi connectivity index (χ2n) is 4.53. The summed E-state index contributed by atoms with van der Waals surface area (Å²) in [4.78, 5) is 7.84. The summed E-state index contributed by atoms with van der Waals surface area (Å²) in [6.45, 7) is 2.09. The molecule has 2 unspecified atom stereocenters. The summed E-state index contributed by atoms with van der Waals surface area (Å²) in [5, 5.41) is 0. The van der Waals surface area contributed by atoms with Crippen molar-refractivity contribution < 1.29 is 4.74 Å². The molecule has 1 fully saturated rings. The number of aromatic amines is 1. The highest BCUT2D eigenvalue weighted by Gasteiger charge is 2.26. The van der Waals surface area contributed by atoms with Crippen LogP contribution in [0.3, 0.4) is 0 Å². The van der Waals surface area contributed by atoms with Gasteiger partial charge in [-0.3, -0.25) is 0 Å². The van der Waals surface area contributed by atoms with Crippen molar-refractivity contribution >= 4 is 32.7 Å². The summed E-state index contributed by atoms with van der Waals surface area (Å²) in [5.41, 5.74) is 8.41. The molecule has 3 rings (SSSR count). The predicted octanol–water partition coefficient (Wildman–Crippen LogP) is 3.15. The average Bonchev–Trinajstić information content (AvgIpc) is 2.83. The molecule has 0 spiro atoms. The van der Waals surface area contributed by atoms with Gasteiger partial charge in [-0.05, 0) is 31.9 Å². The van der Waals surface area contributed by atoms with E-state index in [1.807, 2.05) is 12.1 Å². The molecule has 1 aromatic heterocycles. The largest absolute Gasteiger partial charge is 0.397 e. The fourth-order valence-electron chi connectivity index (χ4n) is 2.28. The third kappa shape index (κ3) is 1.93. The first kappa shape index (κ1) is 11.0. The van der Waals surface area contributed by atoms with Gasteiger partial charge in [0.25, 0.3) is 0 Å². The quantitative estimate of drug-likeness (QED) is 0.795. The van der Waals surface area contributed by atoms with Crippen LogP contribution < -0.4 is 5.73 Å². The Hall–Kier alpha value is -1.07. The average molecular weight is 296 g/mol. The first-order chi connectivity index (χ1) is 8.13. The first-order valence-corrected chi connectivity index (χ1v) is 6.53. The van der Waals surface area contributed by atoms with E-state index in [-0.39, 0.29) is 6.10 Å². The zero-order valence-electron chi connectivity index (χ0n) is 9.53. The van der Waals surface area contributed by atoms with E-state index in [1.54, 1.807) is 0 Å². The van der Waals surface area contributed by atoms with Crippen LogP contribution in [0.25, 0.3) is 11.0 Å². The van der Waals surface area contributed by atoms with Crippen molar-refractivity contribution in [3.63, 3.8) is 0 Å². The van der Waals surface area contributed by atoms with E-state index in [0.29, 0.717) is 11.8 Å². The molecule has 90 valence electrons. The monoisotopic (exact) mass is 295 g/mol. The highest BCUT2D eigenvalue weighted by atomic mass is 79.9. The number of fused-ring (bicyclic) bond motifs is 1. The first-order valence-electron chi connectivity index (χ1n) is 5.73. The lowest BCUT2D eigenvalue weighted by Crippen LogP contribution is -2.02. The number of nitrogens with one attached hydrogen (secondary N) is 1. The molecule has 1 saturated heterocycles. The zero-order valence-corrected chi connectivity index (χ0v) is 11.1. The van der Waals surface area contributed by atoms with Crippen molar-refractivity contribution in [3.05, 3.63) is 22.4 Å². The maximum Gasteiger partial charge on any atom is 0.136 e. The van der Waals surface area contributed by atoms with Crippen molar-refractivity contribution in [3.8, 4) is 0 Å². The molecule has 2 atom stereocenters. The molecule has 5 heteroatoms. The minimum absolute atomic E-state index is 0.0792. The lowest BCUT2D eigenvalue weighted by molar-refractivity contribution is 0.0510. The Morgan fingerprint density at radius 2 is 2.29 bits per heavy atom. The number of halogens is 1. The number of nitrogens with two attached hydrogens (primary N) is 1. The fourth-order valence-corrected chi connectivity index (χ4v) is 2.76. The van der Waals surface area contributed by atoms with Crippen LogP contribution in [0.2, 0.25) is 0 Å². The predicted molar refractivity (Wildman–Crippen MR) is 70.7 cm³/mol. The summed E-state index contributed by atoms with van der Waals surface area (Å²) in [5.74, 6) is 0.883. The summed E-state index contributed by atoms with van der Waals surface area (Å²) >= 11 is 3.43. The highest BCUT2D eigenvalue weighted by molar-refractivity contribution is 9.10. The third-order valence-corrected chi connectivity index (χ3v) is 3.59. The lowest BCUT2D eigenvalue weighted by Gasteiger charge is -2.06. The normalized spacial score (nSPS) is 24.6. The van der Waals surface area contributed by atoms with Gasteiger partial charge in [-0.25, -0.2) is 4.98 Å². The number of H-pyrrole nitrogens is 1. The molecule has 0 radical (unpaired) electrons. The van der Waals surface area contributed by atoms with Crippen LogP contribution in [0.4, 0.5) is 5.69 Å². The van der Waals surface area contributed by atoms with Crippen LogP contribution in [0.15, 0.2) is 16.6 Å². The smallest absolute Gasteiger partial charge is 0.136 e. The van der Waals surface area contributed by atoms with Gasteiger partial charge in [0.2, 0.25) is 0 Å². The molecular formula is C12H14BrN3O. The van der Waals surface area contributed by atoms with E-state index < -0.39 is 0 Å². The Morgan fingerprint density at radius 3 is 3.00 bits per heavy atom. The third-order valence-electron chi connectivity index (χ3n) is 3.14. The molecule has 1 aromatic carbocycles. The zero-order chi connectivity index (χ0) is 12.0. The number of nitrogens with zero attached hydrogens (tertiary/aromatic N) is 1. The minimum atomic E-state index is 0.0792. The summed E-state index contributed by atoms with van der Waals surface area (Å²) in [7, 11) is 0. The van der Waals surface area contributed by atoms with E-state index in [1.165, 1.54) is 0 Å². The molecule has 1 aliphatic heterocycles. The van der Waals surface area contributed by atoms with Crippen LogP contribution in [-0.4, -0.2) is 16.1 Å². The van der Waals surface area contributed by atoms with Gasteiger partial charge in [-0.1, -0.05) is 15.9 Å². The highest BCUT2D eigenvalue weighted by Crippen LogP contribution is 2.33. The molecule has 2 heterocycles. The van der Waals surface area contributed by atoms with E-state index in [2.05, 4.69) is 32.8 Å². The molecule has 1 aliphatic rings. The number of anilines is 1. The lowest BCUT2D eigenvalue weighted by atomic mass is 10.2. The van der Waals surface area contributed by atoms with Crippen molar-refractivity contribution in [2.24, 2.45) is 0 Å². The van der Waals surface area contributed by atoms with Crippen LogP contribution in [0, 0.1) is 0 Å². The van der Waals surface area contributed by atoms with Crippen LogP contribution >= 0.6 is 15.9 Å². The number of ether oxygens (including phenoxy) is 1. The van der Waals surface area contributed by atoms with Gasteiger partial charge in [0, 0.05) is 4.47 Å². The Labute approximate surface area is 108 Å². The molecular weight excluding hydrogens is 282 g/mol. The Balaban J connectivity index is 2.04. The molecule has 17 heavy (non-hydrogen) atoms. The van der Waals surface area contributed by atoms with E-state index in [4.69, 9.17) is 10.5 Å². The van der Waals surface area contributed by atoms with Gasteiger partial charge in [-0.2, -0.15) is 0 Å². The second kappa shape index (κ2) is 3.99. The van der Waals surface area contributed by atoms with Crippen molar-refractivity contribution in [2.75, 3.05) is 5.73 Å². The van der Waals surface area contributed by atoms with Crippen molar-refractivity contribution in [1.29, 1.82) is 0 Å². The summed E-state index contributed by atoms with van der Waals surface area (Å²) < 4.78 is 6.76. The number of hydrogen-bond donors (Lipinski definition) is 2.